The van der Waals surface area contributed by atoms with Crippen LogP contribution in [0.1, 0.15) is 23.6 Å². The molecule has 0 atom stereocenters. The maximum absolute atomic E-state index is 5.45. The van der Waals surface area contributed by atoms with Gasteiger partial charge in [-0.1, -0.05) is 13.8 Å². The first-order valence-corrected chi connectivity index (χ1v) is 7.28. The Bertz CT molecular complexity index is 271. The lowest BCUT2D eigenvalue weighted by molar-refractivity contribution is 0.593. The number of hydrogen-bond acceptors (Lipinski definition) is 4. The summed E-state index contributed by atoms with van der Waals surface area (Å²) < 4.78 is 0. The van der Waals surface area contributed by atoms with Crippen LogP contribution in [-0.4, -0.2) is 18.3 Å². The van der Waals surface area contributed by atoms with Crippen molar-refractivity contribution in [2.24, 2.45) is 5.73 Å². The second-order valence-electron chi connectivity index (χ2n) is 3.74. The number of thioether (sulfide) groups is 1. The maximum atomic E-state index is 5.45. The Kier molecular flexibility index (Phi) is 6.32. The van der Waals surface area contributed by atoms with E-state index in [4.69, 9.17) is 5.73 Å². The maximum Gasteiger partial charge on any atom is 0.0302 e. The van der Waals surface area contributed by atoms with E-state index in [0.29, 0.717) is 6.04 Å². The summed E-state index contributed by atoms with van der Waals surface area (Å²) >= 11 is 3.81. The van der Waals surface area contributed by atoms with Crippen LogP contribution in [0.4, 0.5) is 0 Å². The van der Waals surface area contributed by atoms with Crippen LogP contribution in [0.5, 0.6) is 0 Å². The molecule has 1 heterocycles. The summed E-state index contributed by atoms with van der Waals surface area (Å²) in [6.07, 6.45) is 0. The van der Waals surface area contributed by atoms with E-state index in [1.54, 1.807) is 0 Å². The molecule has 0 saturated carbocycles. The average molecular weight is 244 g/mol. The summed E-state index contributed by atoms with van der Waals surface area (Å²) in [6, 6.07) is 5.01. The van der Waals surface area contributed by atoms with Gasteiger partial charge in [-0.3, -0.25) is 0 Å². The quantitative estimate of drug-likeness (QED) is 0.724. The highest BCUT2D eigenvalue weighted by Gasteiger charge is 2.00. The smallest absolute Gasteiger partial charge is 0.0302 e. The van der Waals surface area contributed by atoms with Crippen molar-refractivity contribution in [2.75, 3.05) is 12.3 Å². The Balaban J connectivity index is 2.29. The molecular weight excluding hydrogens is 224 g/mol. The lowest BCUT2D eigenvalue weighted by Crippen LogP contribution is -2.21. The van der Waals surface area contributed by atoms with Gasteiger partial charge in [-0.25, -0.2) is 0 Å². The van der Waals surface area contributed by atoms with Gasteiger partial charge in [0, 0.05) is 40.4 Å². The molecule has 0 aromatic carbocycles. The van der Waals surface area contributed by atoms with Crippen molar-refractivity contribution < 1.29 is 0 Å². The Morgan fingerprint density at radius 2 is 2.13 bits per heavy atom. The molecule has 0 spiro atoms. The largest absolute Gasteiger partial charge is 0.330 e. The third kappa shape index (κ3) is 5.56. The first kappa shape index (κ1) is 13.0. The molecule has 1 aromatic rings. The van der Waals surface area contributed by atoms with Gasteiger partial charge in [0.2, 0.25) is 0 Å². The zero-order valence-electron chi connectivity index (χ0n) is 9.45. The molecule has 86 valence electrons. The summed E-state index contributed by atoms with van der Waals surface area (Å²) in [7, 11) is 0. The fourth-order valence-corrected chi connectivity index (χ4v) is 3.01. The Labute approximate surface area is 101 Å². The van der Waals surface area contributed by atoms with Crippen molar-refractivity contribution in [3.63, 3.8) is 0 Å². The second-order valence-corrected chi connectivity index (χ2v) is 6.10. The highest BCUT2D eigenvalue weighted by molar-refractivity contribution is 7.98. The van der Waals surface area contributed by atoms with E-state index in [9.17, 15) is 0 Å². The fraction of sp³-hybridized carbons (Fsp3) is 0.636. The standard InChI is InChI=1S/C11H20N2S2/c1-9(2)13-7-10-3-4-11(15-10)8-14-6-5-12/h3-4,9,13H,5-8,12H2,1-2H3. The SMILES string of the molecule is CC(C)NCc1ccc(CSCCN)s1. The predicted octanol–water partition coefficient (Wildman–Crippen LogP) is 2.44. The van der Waals surface area contributed by atoms with Crippen LogP contribution in [0.25, 0.3) is 0 Å². The molecule has 2 nitrogen and oxygen atoms in total. The molecule has 0 aliphatic rings. The van der Waals surface area contributed by atoms with Crippen molar-refractivity contribution in [3.8, 4) is 0 Å². The molecule has 15 heavy (non-hydrogen) atoms. The first-order chi connectivity index (χ1) is 7.22. The molecule has 0 amide bonds. The summed E-state index contributed by atoms with van der Waals surface area (Å²) in [4.78, 5) is 2.88. The fourth-order valence-electron chi connectivity index (χ4n) is 1.16. The minimum absolute atomic E-state index is 0.558. The second kappa shape index (κ2) is 7.28. The third-order valence-electron chi connectivity index (χ3n) is 1.91. The van der Waals surface area contributed by atoms with Crippen molar-refractivity contribution in [1.82, 2.24) is 5.32 Å². The van der Waals surface area contributed by atoms with Crippen molar-refractivity contribution in [3.05, 3.63) is 21.9 Å². The van der Waals surface area contributed by atoms with Crippen LogP contribution in [0, 0.1) is 0 Å². The zero-order chi connectivity index (χ0) is 11.1. The van der Waals surface area contributed by atoms with Gasteiger partial charge in [0.25, 0.3) is 0 Å². The molecule has 0 fully saturated rings. The minimum Gasteiger partial charge on any atom is -0.330 e. The Morgan fingerprint density at radius 1 is 1.40 bits per heavy atom. The van der Waals surface area contributed by atoms with E-state index >= 15 is 0 Å². The molecule has 0 aliphatic heterocycles. The van der Waals surface area contributed by atoms with Crippen LogP contribution in [-0.2, 0) is 12.3 Å². The topological polar surface area (TPSA) is 38.0 Å². The highest BCUT2D eigenvalue weighted by Crippen LogP contribution is 2.21. The number of nitrogens with two attached hydrogens (primary N) is 1. The van der Waals surface area contributed by atoms with Gasteiger partial charge in [-0.15, -0.1) is 11.3 Å². The minimum atomic E-state index is 0.558. The molecule has 1 rings (SSSR count). The van der Waals surface area contributed by atoms with E-state index in [2.05, 4.69) is 31.3 Å². The molecule has 0 radical (unpaired) electrons. The Hall–Kier alpha value is -0.0300. The summed E-state index contributed by atoms with van der Waals surface area (Å²) in [5.41, 5.74) is 5.45. The van der Waals surface area contributed by atoms with Crippen LogP contribution in [0.15, 0.2) is 12.1 Å². The van der Waals surface area contributed by atoms with Gasteiger partial charge in [0.15, 0.2) is 0 Å². The molecular formula is C11H20N2S2. The average Bonchev–Trinajstić information content (AvgIpc) is 2.63. The van der Waals surface area contributed by atoms with Crippen molar-refractivity contribution in [1.29, 1.82) is 0 Å². The van der Waals surface area contributed by atoms with Crippen molar-refractivity contribution >= 4 is 23.1 Å². The van der Waals surface area contributed by atoms with Crippen LogP contribution < -0.4 is 11.1 Å². The van der Waals surface area contributed by atoms with E-state index < -0.39 is 0 Å². The van der Waals surface area contributed by atoms with Gasteiger partial charge in [0.1, 0.15) is 0 Å². The lowest BCUT2D eigenvalue weighted by atomic mass is 10.3. The van der Waals surface area contributed by atoms with Crippen LogP contribution in [0.2, 0.25) is 0 Å². The van der Waals surface area contributed by atoms with Gasteiger partial charge in [-0.2, -0.15) is 11.8 Å². The number of hydrogen-bond donors (Lipinski definition) is 2. The van der Waals surface area contributed by atoms with Gasteiger partial charge in [0.05, 0.1) is 0 Å². The van der Waals surface area contributed by atoms with Gasteiger partial charge in [-0.05, 0) is 12.1 Å². The predicted molar refractivity (Wildman–Crippen MR) is 71.5 cm³/mol. The van der Waals surface area contributed by atoms with Crippen LogP contribution in [0.3, 0.4) is 0 Å². The van der Waals surface area contributed by atoms with E-state index in [-0.39, 0.29) is 0 Å². The zero-order valence-corrected chi connectivity index (χ0v) is 11.1. The lowest BCUT2D eigenvalue weighted by Gasteiger charge is -2.05. The van der Waals surface area contributed by atoms with E-state index in [0.717, 1.165) is 24.6 Å². The molecule has 0 aliphatic carbocycles. The highest BCUT2D eigenvalue weighted by atomic mass is 32.2. The number of thiophene rings is 1. The normalized spacial score (nSPS) is 11.2. The van der Waals surface area contributed by atoms with E-state index in [1.165, 1.54) is 9.75 Å². The monoisotopic (exact) mass is 244 g/mol. The third-order valence-corrected chi connectivity index (χ3v) is 4.22. The summed E-state index contributed by atoms with van der Waals surface area (Å²) in [5, 5.41) is 3.43. The van der Waals surface area contributed by atoms with E-state index in [1.807, 2.05) is 23.1 Å². The molecule has 0 saturated heterocycles. The van der Waals surface area contributed by atoms with Crippen molar-refractivity contribution in [2.45, 2.75) is 32.2 Å². The summed E-state index contributed by atoms with van der Waals surface area (Å²) in [6.45, 7) is 6.11. The number of rotatable bonds is 7. The molecule has 0 bridgehead atoms. The molecule has 0 unspecified atom stereocenters. The molecule has 4 heteroatoms. The molecule has 3 N–H and O–H groups in total. The van der Waals surface area contributed by atoms with Gasteiger partial charge >= 0.3 is 0 Å². The number of nitrogens with one attached hydrogen (secondary N) is 1. The first-order valence-electron chi connectivity index (χ1n) is 5.31. The Morgan fingerprint density at radius 3 is 2.80 bits per heavy atom. The van der Waals surface area contributed by atoms with Gasteiger partial charge < -0.3 is 11.1 Å². The molecule has 1 aromatic heterocycles. The van der Waals surface area contributed by atoms with Crippen LogP contribution >= 0.6 is 23.1 Å². The summed E-state index contributed by atoms with van der Waals surface area (Å²) in [5.74, 6) is 2.15.